The van der Waals surface area contributed by atoms with Crippen LogP contribution in [0.4, 0.5) is 0 Å². The Balaban J connectivity index is 3.05. The number of rotatable bonds is 4. The molecule has 1 amide bonds. The molecule has 0 unspecified atom stereocenters. The molecule has 0 aliphatic rings. The highest BCUT2D eigenvalue weighted by Gasteiger charge is 2.08. The van der Waals surface area contributed by atoms with Crippen LogP contribution in [0.3, 0.4) is 0 Å². The van der Waals surface area contributed by atoms with E-state index in [1.165, 1.54) is 0 Å². The normalized spacial score (nSPS) is 11.1. The highest BCUT2D eigenvalue weighted by atomic mass is 16.1. The smallest absolute Gasteiger partial charge is 0.251 e. The van der Waals surface area contributed by atoms with Gasteiger partial charge in [-0.3, -0.25) is 9.79 Å². The zero-order chi connectivity index (χ0) is 12.8. The summed E-state index contributed by atoms with van der Waals surface area (Å²) in [6.45, 7) is 9.87. The number of aliphatic imine (C=N–C) groups is 1. The van der Waals surface area contributed by atoms with Gasteiger partial charge < -0.3 is 5.32 Å². The Morgan fingerprint density at radius 1 is 1.53 bits per heavy atom. The molecule has 0 aliphatic heterocycles. The average Bonchev–Trinajstić information content (AvgIpc) is 2.29. The van der Waals surface area contributed by atoms with Gasteiger partial charge in [-0.2, -0.15) is 0 Å². The molecule has 3 heteroatoms. The maximum atomic E-state index is 11.7. The number of amides is 1. The topological polar surface area (TPSA) is 41.5 Å². The van der Waals surface area contributed by atoms with Gasteiger partial charge in [0.25, 0.3) is 5.91 Å². The molecule has 0 heterocycles. The second kappa shape index (κ2) is 5.99. The Labute approximate surface area is 102 Å². The molecule has 0 saturated carbocycles. The summed E-state index contributed by atoms with van der Waals surface area (Å²) in [5.74, 6) is -0.0278. The van der Waals surface area contributed by atoms with Crippen molar-refractivity contribution in [2.75, 3.05) is 6.54 Å². The standard InChI is InChI=1S/C14H18N2O/c1-5-16-14(17)13-7-6-12(8-10(13)2)11(3)9-15-4/h6-9H,4-5H2,1-3H3,(H,16,17). The van der Waals surface area contributed by atoms with E-state index in [1.807, 2.05) is 39.0 Å². The van der Waals surface area contributed by atoms with Crippen LogP contribution in [0.5, 0.6) is 0 Å². The minimum absolute atomic E-state index is 0.0278. The first-order chi connectivity index (χ1) is 8.10. The highest BCUT2D eigenvalue weighted by Crippen LogP contribution is 2.18. The van der Waals surface area contributed by atoms with E-state index in [0.717, 1.165) is 22.3 Å². The third-order valence-corrected chi connectivity index (χ3v) is 2.55. The largest absolute Gasteiger partial charge is 0.352 e. The molecule has 0 atom stereocenters. The number of nitrogens with one attached hydrogen (secondary N) is 1. The van der Waals surface area contributed by atoms with E-state index in [4.69, 9.17) is 0 Å². The molecule has 17 heavy (non-hydrogen) atoms. The van der Waals surface area contributed by atoms with Gasteiger partial charge in [0, 0.05) is 18.3 Å². The summed E-state index contributed by atoms with van der Waals surface area (Å²) < 4.78 is 0. The molecule has 0 radical (unpaired) electrons. The van der Waals surface area contributed by atoms with Gasteiger partial charge in [-0.05, 0) is 50.3 Å². The van der Waals surface area contributed by atoms with Crippen LogP contribution in [-0.4, -0.2) is 19.2 Å². The van der Waals surface area contributed by atoms with Gasteiger partial charge in [0.2, 0.25) is 0 Å². The first-order valence-corrected chi connectivity index (χ1v) is 5.62. The lowest BCUT2D eigenvalue weighted by Crippen LogP contribution is -2.23. The summed E-state index contributed by atoms with van der Waals surface area (Å²) in [5.41, 5.74) is 3.77. The Bertz CT molecular complexity index is 461. The molecule has 1 aromatic rings. The van der Waals surface area contributed by atoms with E-state index >= 15 is 0 Å². The Morgan fingerprint density at radius 3 is 2.76 bits per heavy atom. The van der Waals surface area contributed by atoms with Crippen LogP contribution in [0.25, 0.3) is 5.57 Å². The molecule has 0 bridgehead atoms. The van der Waals surface area contributed by atoms with Crippen molar-refractivity contribution in [3.63, 3.8) is 0 Å². The number of carbonyl (C=O) groups is 1. The molecule has 3 nitrogen and oxygen atoms in total. The predicted octanol–water partition coefficient (Wildman–Crippen LogP) is 2.81. The van der Waals surface area contributed by atoms with Gasteiger partial charge in [-0.1, -0.05) is 12.1 Å². The number of aryl methyl sites for hydroxylation is 1. The third-order valence-electron chi connectivity index (χ3n) is 2.55. The van der Waals surface area contributed by atoms with Crippen molar-refractivity contribution in [1.82, 2.24) is 5.32 Å². The molecule has 0 spiro atoms. The molecule has 0 aromatic heterocycles. The van der Waals surface area contributed by atoms with Gasteiger partial charge in [0.15, 0.2) is 0 Å². The van der Waals surface area contributed by atoms with Gasteiger partial charge in [0.1, 0.15) is 0 Å². The van der Waals surface area contributed by atoms with Gasteiger partial charge in [-0.15, -0.1) is 0 Å². The van der Waals surface area contributed by atoms with Crippen LogP contribution >= 0.6 is 0 Å². The summed E-state index contributed by atoms with van der Waals surface area (Å²) in [5, 5.41) is 2.79. The van der Waals surface area contributed by atoms with Crippen molar-refractivity contribution in [2.45, 2.75) is 20.8 Å². The Morgan fingerprint density at radius 2 is 2.24 bits per heavy atom. The van der Waals surface area contributed by atoms with Crippen molar-refractivity contribution < 1.29 is 4.79 Å². The van der Waals surface area contributed by atoms with Gasteiger partial charge >= 0.3 is 0 Å². The van der Waals surface area contributed by atoms with E-state index in [-0.39, 0.29) is 5.91 Å². The van der Waals surface area contributed by atoms with Crippen molar-refractivity contribution in [1.29, 1.82) is 0 Å². The van der Waals surface area contributed by atoms with E-state index < -0.39 is 0 Å². The van der Waals surface area contributed by atoms with Crippen molar-refractivity contribution in [3.05, 3.63) is 41.1 Å². The summed E-state index contributed by atoms with van der Waals surface area (Å²) in [6, 6.07) is 5.76. The van der Waals surface area contributed by atoms with Crippen molar-refractivity contribution in [3.8, 4) is 0 Å². The lowest BCUT2D eigenvalue weighted by atomic mass is 10.0. The number of carbonyl (C=O) groups excluding carboxylic acids is 1. The summed E-state index contributed by atoms with van der Waals surface area (Å²) >= 11 is 0. The second-order valence-electron chi connectivity index (χ2n) is 3.88. The van der Waals surface area contributed by atoms with Crippen LogP contribution in [0.2, 0.25) is 0 Å². The maximum Gasteiger partial charge on any atom is 0.251 e. The molecule has 0 aliphatic carbocycles. The van der Waals surface area contributed by atoms with Crippen molar-refractivity contribution >= 4 is 18.2 Å². The van der Waals surface area contributed by atoms with Crippen LogP contribution in [0.15, 0.2) is 29.4 Å². The molecular formula is C14H18N2O. The summed E-state index contributed by atoms with van der Waals surface area (Å²) in [6.07, 6.45) is 1.71. The van der Waals surface area contributed by atoms with Crippen LogP contribution in [-0.2, 0) is 0 Å². The van der Waals surface area contributed by atoms with Crippen LogP contribution in [0.1, 0.15) is 35.3 Å². The minimum atomic E-state index is -0.0278. The molecule has 0 fully saturated rings. The highest BCUT2D eigenvalue weighted by molar-refractivity contribution is 5.96. The first kappa shape index (κ1) is 13.2. The number of benzene rings is 1. The quantitative estimate of drug-likeness (QED) is 0.794. The maximum absolute atomic E-state index is 11.7. The van der Waals surface area contributed by atoms with E-state index in [0.29, 0.717) is 6.54 Å². The van der Waals surface area contributed by atoms with Crippen molar-refractivity contribution in [2.24, 2.45) is 4.99 Å². The third kappa shape index (κ3) is 3.28. The van der Waals surface area contributed by atoms with Crippen LogP contribution in [0, 0.1) is 6.92 Å². The lowest BCUT2D eigenvalue weighted by Gasteiger charge is -2.08. The second-order valence-corrected chi connectivity index (χ2v) is 3.88. The molecule has 1 rings (SSSR count). The summed E-state index contributed by atoms with van der Waals surface area (Å²) in [4.78, 5) is 15.5. The molecule has 1 N–H and O–H groups in total. The van der Waals surface area contributed by atoms with E-state index in [9.17, 15) is 4.79 Å². The minimum Gasteiger partial charge on any atom is -0.352 e. The number of nitrogens with zero attached hydrogens (tertiary/aromatic N) is 1. The fraction of sp³-hybridized carbons (Fsp3) is 0.286. The first-order valence-electron chi connectivity index (χ1n) is 5.62. The molecular weight excluding hydrogens is 212 g/mol. The van der Waals surface area contributed by atoms with Gasteiger partial charge in [-0.25, -0.2) is 0 Å². The zero-order valence-corrected chi connectivity index (χ0v) is 10.6. The van der Waals surface area contributed by atoms with E-state index in [2.05, 4.69) is 17.0 Å². The molecule has 1 aromatic carbocycles. The molecule has 0 saturated heterocycles. The van der Waals surface area contributed by atoms with Gasteiger partial charge in [0.05, 0.1) is 0 Å². The number of hydrogen-bond donors (Lipinski definition) is 1. The molecule has 90 valence electrons. The Kier molecular flexibility index (Phi) is 4.64. The SMILES string of the molecule is C=NC=C(C)c1ccc(C(=O)NCC)c(C)c1. The fourth-order valence-electron chi connectivity index (χ4n) is 1.63. The van der Waals surface area contributed by atoms with Crippen LogP contribution < -0.4 is 5.32 Å². The Hall–Kier alpha value is -1.90. The average molecular weight is 230 g/mol. The number of allylic oxidation sites excluding steroid dienone is 1. The zero-order valence-electron chi connectivity index (χ0n) is 10.6. The van der Waals surface area contributed by atoms with E-state index in [1.54, 1.807) is 6.20 Å². The predicted molar refractivity (Wildman–Crippen MR) is 72.4 cm³/mol. The lowest BCUT2D eigenvalue weighted by molar-refractivity contribution is 0.0955. The number of hydrogen-bond acceptors (Lipinski definition) is 2. The monoisotopic (exact) mass is 230 g/mol. The summed E-state index contributed by atoms with van der Waals surface area (Å²) in [7, 11) is 0. The fourth-order valence-corrected chi connectivity index (χ4v) is 1.63.